The van der Waals surface area contributed by atoms with Crippen molar-refractivity contribution in [1.82, 2.24) is 5.32 Å². The van der Waals surface area contributed by atoms with Gasteiger partial charge in [-0.2, -0.15) is 0 Å². The molecule has 2 nitrogen and oxygen atoms in total. The van der Waals surface area contributed by atoms with Gasteiger partial charge in [0.25, 0.3) is 0 Å². The van der Waals surface area contributed by atoms with Gasteiger partial charge >= 0.3 is 0 Å². The molecule has 0 aliphatic carbocycles. The monoisotopic (exact) mass is 317 g/mol. The molecule has 0 aliphatic rings. The molecule has 0 aliphatic heterocycles. The van der Waals surface area contributed by atoms with Crippen molar-refractivity contribution in [3.8, 4) is 0 Å². The molecule has 1 atom stereocenters. The van der Waals surface area contributed by atoms with Crippen LogP contribution >= 0.6 is 11.6 Å². The standard InChI is InChI=1S/C19H24ClNO/c1-15(13-22-14-17-6-4-3-5-7-17)11-21-12-18-8-9-19(20)16(2)10-18/h3-10,15,21H,11-14H2,1-2H3. The van der Waals surface area contributed by atoms with Crippen LogP contribution in [0.25, 0.3) is 0 Å². The van der Waals surface area contributed by atoms with Crippen LogP contribution in [-0.4, -0.2) is 13.2 Å². The average molecular weight is 318 g/mol. The van der Waals surface area contributed by atoms with Crippen LogP contribution in [-0.2, 0) is 17.9 Å². The maximum absolute atomic E-state index is 6.04. The van der Waals surface area contributed by atoms with Crippen LogP contribution in [0.1, 0.15) is 23.6 Å². The molecule has 2 aromatic carbocycles. The minimum absolute atomic E-state index is 0.483. The lowest BCUT2D eigenvalue weighted by Crippen LogP contribution is -2.23. The van der Waals surface area contributed by atoms with Gasteiger partial charge in [0.15, 0.2) is 0 Å². The molecule has 2 aromatic rings. The molecule has 118 valence electrons. The van der Waals surface area contributed by atoms with Crippen LogP contribution in [0.3, 0.4) is 0 Å². The largest absolute Gasteiger partial charge is 0.376 e. The van der Waals surface area contributed by atoms with Gasteiger partial charge in [-0.25, -0.2) is 0 Å². The maximum atomic E-state index is 6.04. The number of hydrogen-bond acceptors (Lipinski definition) is 2. The lowest BCUT2D eigenvalue weighted by Gasteiger charge is -2.13. The first kappa shape index (κ1) is 17.0. The van der Waals surface area contributed by atoms with Crippen LogP contribution in [0.15, 0.2) is 48.5 Å². The molecule has 0 saturated heterocycles. The molecule has 3 heteroatoms. The number of hydrogen-bond donors (Lipinski definition) is 1. The summed E-state index contributed by atoms with van der Waals surface area (Å²) >= 11 is 6.04. The van der Waals surface area contributed by atoms with E-state index in [2.05, 4.69) is 36.5 Å². The van der Waals surface area contributed by atoms with Gasteiger partial charge < -0.3 is 10.1 Å². The first-order valence-electron chi connectivity index (χ1n) is 7.72. The Labute approximate surface area is 138 Å². The van der Waals surface area contributed by atoms with Gasteiger partial charge in [0.1, 0.15) is 0 Å². The van der Waals surface area contributed by atoms with E-state index in [-0.39, 0.29) is 0 Å². The van der Waals surface area contributed by atoms with E-state index in [0.717, 1.165) is 30.3 Å². The van der Waals surface area contributed by atoms with E-state index in [1.165, 1.54) is 11.1 Å². The molecule has 0 aromatic heterocycles. The predicted octanol–water partition coefficient (Wildman–Crippen LogP) is 4.59. The molecular formula is C19H24ClNO. The molecule has 22 heavy (non-hydrogen) atoms. The lowest BCUT2D eigenvalue weighted by atomic mass is 10.1. The van der Waals surface area contributed by atoms with Crippen LogP contribution in [0.5, 0.6) is 0 Å². The Balaban J connectivity index is 1.63. The van der Waals surface area contributed by atoms with E-state index in [4.69, 9.17) is 16.3 Å². The van der Waals surface area contributed by atoms with E-state index in [9.17, 15) is 0 Å². The summed E-state index contributed by atoms with van der Waals surface area (Å²) in [6.07, 6.45) is 0. The zero-order chi connectivity index (χ0) is 15.8. The third-order valence-electron chi connectivity index (χ3n) is 3.56. The van der Waals surface area contributed by atoms with E-state index >= 15 is 0 Å². The molecule has 0 bridgehead atoms. The first-order valence-corrected chi connectivity index (χ1v) is 8.10. The second kappa shape index (κ2) is 8.94. The Hall–Kier alpha value is -1.35. The third kappa shape index (κ3) is 5.80. The Kier molecular flexibility index (Phi) is 6.91. The van der Waals surface area contributed by atoms with E-state index in [1.54, 1.807) is 0 Å². The van der Waals surface area contributed by atoms with Crippen molar-refractivity contribution in [2.24, 2.45) is 5.92 Å². The quantitative estimate of drug-likeness (QED) is 0.769. The zero-order valence-electron chi connectivity index (χ0n) is 13.3. The van der Waals surface area contributed by atoms with Crippen LogP contribution in [0.2, 0.25) is 5.02 Å². The number of rotatable bonds is 8. The highest BCUT2D eigenvalue weighted by Gasteiger charge is 2.03. The average Bonchev–Trinajstić information content (AvgIpc) is 2.52. The number of ether oxygens (including phenoxy) is 1. The number of aryl methyl sites for hydroxylation is 1. The molecule has 0 heterocycles. The summed E-state index contributed by atoms with van der Waals surface area (Å²) in [5.41, 5.74) is 3.61. The summed E-state index contributed by atoms with van der Waals surface area (Å²) in [5.74, 6) is 0.483. The van der Waals surface area contributed by atoms with Gasteiger partial charge in [-0.05, 0) is 35.6 Å². The smallest absolute Gasteiger partial charge is 0.0717 e. The van der Waals surface area contributed by atoms with Gasteiger partial charge in [0, 0.05) is 18.1 Å². The zero-order valence-corrected chi connectivity index (χ0v) is 14.1. The molecule has 0 fully saturated rings. The highest BCUT2D eigenvalue weighted by atomic mass is 35.5. The van der Waals surface area contributed by atoms with Crippen molar-refractivity contribution in [2.45, 2.75) is 27.0 Å². The molecule has 2 rings (SSSR count). The Morgan fingerprint density at radius 2 is 1.86 bits per heavy atom. The summed E-state index contributed by atoms with van der Waals surface area (Å²) in [7, 11) is 0. The van der Waals surface area contributed by atoms with Crippen LogP contribution < -0.4 is 5.32 Å². The Bertz CT molecular complexity index is 571. The first-order chi connectivity index (χ1) is 10.6. The van der Waals surface area contributed by atoms with Crippen molar-refractivity contribution in [1.29, 1.82) is 0 Å². The minimum atomic E-state index is 0.483. The fourth-order valence-electron chi connectivity index (χ4n) is 2.29. The normalized spacial score (nSPS) is 12.3. The van der Waals surface area contributed by atoms with Gasteiger partial charge in [0.2, 0.25) is 0 Å². The van der Waals surface area contributed by atoms with Gasteiger partial charge in [-0.1, -0.05) is 61.0 Å². The van der Waals surface area contributed by atoms with Crippen molar-refractivity contribution in [3.05, 3.63) is 70.2 Å². The number of halogens is 1. The fraction of sp³-hybridized carbons (Fsp3) is 0.368. The second-order valence-electron chi connectivity index (χ2n) is 5.82. The topological polar surface area (TPSA) is 21.3 Å². The molecule has 0 amide bonds. The fourth-order valence-corrected chi connectivity index (χ4v) is 2.41. The molecule has 1 N–H and O–H groups in total. The summed E-state index contributed by atoms with van der Waals surface area (Å²) in [6, 6.07) is 16.4. The summed E-state index contributed by atoms with van der Waals surface area (Å²) in [4.78, 5) is 0. The third-order valence-corrected chi connectivity index (χ3v) is 3.98. The number of nitrogens with one attached hydrogen (secondary N) is 1. The molecular weight excluding hydrogens is 294 g/mol. The lowest BCUT2D eigenvalue weighted by molar-refractivity contribution is 0.0917. The van der Waals surface area contributed by atoms with E-state index in [0.29, 0.717) is 12.5 Å². The highest BCUT2D eigenvalue weighted by Crippen LogP contribution is 2.16. The second-order valence-corrected chi connectivity index (χ2v) is 6.23. The van der Waals surface area contributed by atoms with Crippen LogP contribution in [0.4, 0.5) is 0 Å². The van der Waals surface area contributed by atoms with Gasteiger partial charge in [-0.3, -0.25) is 0 Å². The van der Waals surface area contributed by atoms with Crippen molar-refractivity contribution < 1.29 is 4.74 Å². The summed E-state index contributed by atoms with van der Waals surface area (Å²) in [5, 5.41) is 4.30. The van der Waals surface area contributed by atoms with Crippen molar-refractivity contribution >= 4 is 11.6 Å². The SMILES string of the molecule is Cc1cc(CNCC(C)COCc2ccccc2)ccc1Cl. The maximum Gasteiger partial charge on any atom is 0.0717 e. The summed E-state index contributed by atoms with van der Waals surface area (Å²) < 4.78 is 5.76. The Morgan fingerprint density at radius 3 is 2.59 bits per heavy atom. The molecule has 0 spiro atoms. The van der Waals surface area contributed by atoms with E-state index < -0.39 is 0 Å². The van der Waals surface area contributed by atoms with Crippen molar-refractivity contribution in [2.75, 3.05) is 13.2 Å². The van der Waals surface area contributed by atoms with E-state index in [1.807, 2.05) is 31.2 Å². The summed E-state index contributed by atoms with van der Waals surface area (Å²) in [6.45, 7) is 7.48. The van der Waals surface area contributed by atoms with Gasteiger partial charge in [0.05, 0.1) is 13.2 Å². The number of benzene rings is 2. The molecule has 1 unspecified atom stereocenters. The molecule has 0 radical (unpaired) electrons. The Morgan fingerprint density at radius 1 is 1.09 bits per heavy atom. The van der Waals surface area contributed by atoms with Crippen LogP contribution in [0, 0.1) is 12.8 Å². The minimum Gasteiger partial charge on any atom is -0.376 e. The predicted molar refractivity (Wildman–Crippen MR) is 93.2 cm³/mol. The van der Waals surface area contributed by atoms with Gasteiger partial charge in [-0.15, -0.1) is 0 Å². The highest BCUT2D eigenvalue weighted by molar-refractivity contribution is 6.31. The molecule has 0 saturated carbocycles. The van der Waals surface area contributed by atoms with Crippen molar-refractivity contribution in [3.63, 3.8) is 0 Å².